The second kappa shape index (κ2) is 8.10. The predicted octanol–water partition coefficient (Wildman–Crippen LogP) is 1.05. The Labute approximate surface area is 111 Å². The van der Waals surface area contributed by atoms with Gasteiger partial charge in [0.05, 0.1) is 6.61 Å². The molecule has 0 saturated carbocycles. The number of carboxylic acid groups (broad SMARTS) is 1. The maximum Gasteiger partial charge on any atom is 0.408 e. The van der Waals surface area contributed by atoms with Crippen molar-refractivity contribution in [2.45, 2.75) is 12.5 Å². The number of carbonyl (C=O) groups is 2. The minimum absolute atomic E-state index is 0.133. The number of nitrogens with one attached hydrogen (secondary N) is 1. The molecule has 0 aliphatic rings. The van der Waals surface area contributed by atoms with Gasteiger partial charge in [-0.1, -0.05) is 30.3 Å². The Bertz CT molecular complexity index is 407. The van der Waals surface area contributed by atoms with Crippen LogP contribution in [0.4, 0.5) is 4.79 Å². The molecule has 104 valence electrons. The first kappa shape index (κ1) is 15.0. The van der Waals surface area contributed by atoms with E-state index < -0.39 is 18.2 Å². The lowest BCUT2D eigenvalue weighted by Gasteiger charge is -2.14. The van der Waals surface area contributed by atoms with E-state index in [1.807, 2.05) is 6.07 Å². The molecule has 0 saturated heterocycles. The van der Waals surface area contributed by atoms with E-state index in [1.165, 1.54) is 7.11 Å². The number of alkyl carbamates (subject to hydrolysis) is 1. The van der Waals surface area contributed by atoms with Gasteiger partial charge in [-0.2, -0.15) is 0 Å². The minimum Gasteiger partial charge on any atom is -0.478 e. The quantitative estimate of drug-likeness (QED) is 0.721. The van der Waals surface area contributed by atoms with Gasteiger partial charge in [0, 0.05) is 20.1 Å². The first-order chi connectivity index (χ1) is 9.13. The summed E-state index contributed by atoms with van der Waals surface area (Å²) in [5.74, 6) is -1.18. The molecule has 1 aromatic rings. The Kier molecular flexibility index (Phi) is 6.38. The van der Waals surface area contributed by atoms with Gasteiger partial charge in [0.1, 0.15) is 0 Å². The summed E-state index contributed by atoms with van der Waals surface area (Å²) in [6, 6.07) is 8.99. The number of rotatable bonds is 7. The number of hydrogen-bond donors (Lipinski definition) is 2. The van der Waals surface area contributed by atoms with Crippen LogP contribution in [0, 0.1) is 0 Å². The lowest BCUT2D eigenvalue weighted by atomic mass is 10.1. The molecule has 0 aliphatic heterocycles. The van der Waals surface area contributed by atoms with Crippen LogP contribution in [0.1, 0.15) is 5.56 Å². The summed E-state index contributed by atoms with van der Waals surface area (Å²) >= 11 is 0. The van der Waals surface area contributed by atoms with Crippen LogP contribution in [-0.2, 0) is 20.7 Å². The van der Waals surface area contributed by atoms with Crippen LogP contribution in [-0.4, -0.2) is 43.5 Å². The van der Waals surface area contributed by atoms with Crippen molar-refractivity contribution in [1.82, 2.24) is 5.32 Å². The lowest BCUT2D eigenvalue weighted by Crippen LogP contribution is -2.35. The van der Waals surface area contributed by atoms with Crippen molar-refractivity contribution < 1.29 is 24.2 Å². The summed E-state index contributed by atoms with van der Waals surface area (Å²) in [5.41, 5.74) is 0.791. The summed E-state index contributed by atoms with van der Waals surface area (Å²) < 4.78 is 9.61. The highest BCUT2D eigenvalue weighted by Crippen LogP contribution is 2.06. The highest BCUT2D eigenvalue weighted by atomic mass is 16.6. The monoisotopic (exact) mass is 267 g/mol. The molecular formula is C13H17NO5. The molecule has 0 bridgehead atoms. The van der Waals surface area contributed by atoms with E-state index in [1.54, 1.807) is 24.3 Å². The molecule has 0 fully saturated rings. The van der Waals surface area contributed by atoms with Crippen molar-refractivity contribution in [3.05, 3.63) is 35.9 Å². The molecule has 1 atom stereocenters. The smallest absolute Gasteiger partial charge is 0.408 e. The molecule has 1 aromatic carbocycles. The van der Waals surface area contributed by atoms with Crippen LogP contribution < -0.4 is 5.32 Å². The normalized spacial score (nSPS) is 11.6. The molecule has 0 unspecified atom stereocenters. The fourth-order valence-electron chi connectivity index (χ4n) is 1.43. The van der Waals surface area contributed by atoms with Crippen molar-refractivity contribution in [3.8, 4) is 0 Å². The zero-order chi connectivity index (χ0) is 14.1. The van der Waals surface area contributed by atoms with E-state index in [9.17, 15) is 9.59 Å². The molecule has 0 aliphatic carbocycles. The largest absolute Gasteiger partial charge is 0.478 e. The molecule has 19 heavy (non-hydrogen) atoms. The van der Waals surface area contributed by atoms with Gasteiger partial charge in [-0.15, -0.1) is 0 Å². The number of carbonyl (C=O) groups excluding carboxylic acids is 1. The Balaban J connectivity index is 2.49. The standard InChI is InChI=1S/C13H17NO5/c1-18-8-7-14-13(17)19-11(12(15)16)9-10-5-3-2-4-6-10/h2-6,11H,7-9H2,1H3,(H,14,17)(H,15,16)/t11-/m1/s1. The van der Waals surface area contributed by atoms with Gasteiger partial charge in [0.25, 0.3) is 0 Å². The van der Waals surface area contributed by atoms with E-state index in [-0.39, 0.29) is 13.0 Å². The summed E-state index contributed by atoms with van der Waals surface area (Å²) in [5, 5.41) is 11.4. The highest BCUT2D eigenvalue weighted by molar-refractivity contribution is 5.77. The Morgan fingerprint density at radius 2 is 2.00 bits per heavy atom. The van der Waals surface area contributed by atoms with Crippen LogP contribution >= 0.6 is 0 Å². The molecule has 6 nitrogen and oxygen atoms in total. The lowest BCUT2D eigenvalue weighted by molar-refractivity contribution is -0.146. The molecule has 1 amide bonds. The Hall–Kier alpha value is -2.08. The first-order valence-corrected chi connectivity index (χ1v) is 5.83. The molecule has 0 aromatic heterocycles. The summed E-state index contributed by atoms with van der Waals surface area (Å²) in [6.45, 7) is 0.610. The number of aliphatic carboxylic acids is 1. The number of methoxy groups -OCH3 is 1. The fourth-order valence-corrected chi connectivity index (χ4v) is 1.43. The molecule has 0 spiro atoms. The van der Waals surface area contributed by atoms with E-state index >= 15 is 0 Å². The number of amides is 1. The van der Waals surface area contributed by atoms with Crippen LogP contribution in [0.15, 0.2) is 30.3 Å². The second-order valence-corrected chi connectivity index (χ2v) is 3.84. The van der Waals surface area contributed by atoms with Gasteiger partial charge in [-0.25, -0.2) is 9.59 Å². The van der Waals surface area contributed by atoms with Crippen LogP contribution in [0.5, 0.6) is 0 Å². The van der Waals surface area contributed by atoms with Gasteiger partial charge in [-0.05, 0) is 5.56 Å². The van der Waals surface area contributed by atoms with E-state index in [0.29, 0.717) is 6.61 Å². The van der Waals surface area contributed by atoms with Crippen molar-refractivity contribution in [2.75, 3.05) is 20.3 Å². The van der Waals surface area contributed by atoms with Gasteiger partial charge < -0.3 is 19.9 Å². The Morgan fingerprint density at radius 1 is 1.32 bits per heavy atom. The fraction of sp³-hybridized carbons (Fsp3) is 0.385. The second-order valence-electron chi connectivity index (χ2n) is 3.84. The van der Waals surface area contributed by atoms with Gasteiger partial charge >= 0.3 is 12.1 Å². The minimum atomic E-state index is -1.20. The average molecular weight is 267 g/mol. The number of benzene rings is 1. The third-order valence-corrected chi connectivity index (χ3v) is 2.36. The molecule has 6 heteroatoms. The van der Waals surface area contributed by atoms with Gasteiger partial charge in [-0.3, -0.25) is 0 Å². The zero-order valence-corrected chi connectivity index (χ0v) is 10.7. The summed E-state index contributed by atoms with van der Waals surface area (Å²) in [4.78, 5) is 22.4. The SMILES string of the molecule is COCCNC(=O)O[C@H](Cc1ccccc1)C(=O)O. The average Bonchev–Trinajstić information content (AvgIpc) is 2.39. The summed E-state index contributed by atoms with van der Waals surface area (Å²) in [6.07, 6.45) is -1.83. The van der Waals surface area contributed by atoms with Crippen LogP contribution in [0.3, 0.4) is 0 Å². The van der Waals surface area contributed by atoms with Crippen molar-refractivity contribution in [1.29, 1.82) is 0 Å². The van der Waals surface area contributed by atoms with Crippen molar-refractivity contribution in [3.63, 3.8) is 0 Å². The third kappa shape index (κ3) is 5.87. The first-order valence-electron chi connectivity index (χ1n) is 5.83. The van der Waals surface area contributed by atoms with Crippen LogP contribution in [0.25, 0.3) is 0 Å². The van der Waals surface area contributed by atoms with Crippen molar-refractivity contribution >= 4 is 12.1 Å². The molecule has 1 rings (SSSR count). The Morgan fingerprint density at radius 3 is 2.58 bits per heavy atom. The predicted molar refractivity (Wildman–Crippen MR) is 67.9 cm³/mol. The van der Waals surface area contributed by atoms with E-state index in [0.717, 1.165) is 5.56 Å². The maximum absolute atomic E-state index is 11.4. The summed E-state index contributed by atoms with van der Waals surface area (Å²) in [7, 11) is 1.50. The number of hydrogen-bond acceptors (Lipinski definition) is 4. The number of ether oxygens (including phenoxy) is 2. The van der Waals surface area contributed by atoms with Crippen LogP contribution in [0.2, 0.25) is 0 Å². The highest BCUT2D eigenvalue weighted by Gasteiger charge is 2.22. The zero-order valence-electron chi connectivity index (χ0n) is 10.7. The molecule has 0 heterocycles. The van der Waals surface area contributed by atoms with E-state index in [4.69, 9.17) is 14.6 Å². The van der Waals surface area contributed by atoms with Crippen molar-refractivity contribution in [2.24, 2.45) is 0 Å². The van der Waals surface area contributed by atoms with Gasteiger partial charge in [0.2, 0.25) is 6.10 Å². The molecular weight excluding hydrogens is 250 g/mol. The topological polar surface area (TPSA) is 84.9 Å². The van der Waals surface area contributed by atoms with Gasteiger partial charge in [0.15, 0.2) is 0 Å². The molecule has 0 radical (unpaired) electrons. The maximum atomic E-state index is 11.4. The number of carboxylic acids is 1. The third-order valence-electron chi connectivity index (χ3n) is 2.36. The molecule has 2 N–H and O–H groups in total. The van der Waals surface area contributed by atoms with E-state index in [2.05, 4.69) is 5.32 Å².